The molecule has 0 aromatic heterocycles. The SMILES string of the molecule is CC(C)(C)c1ccc([SH]2CCSCC2)cc1. The zero-order valence-electron chi connectivity index (χ0n) is 10.5. The highest BCUT2D eigenvalue weighted by Gasteiger charge is 2.15. The fourth-order valence-corrected chi connectivity index (χ4v) is 6.30. The predicted octanol–water partition coefficient (Wildman–Crippen LogP) is 4.09. The maximum atomic E-state index is 2.38. The summed E-state index contributed by atoms with van der Waals surface area (Å²) in [5.41, 5.74) is 1.74. The number of hydrogen-bond acceptors (Lipinski definition) is 1. The van der Waals surface area contributed by atoms with Gasteiger partial charge in [0, 0.05) is 11.5 Å². The molecule has 0 aliphatic carbocycles. The van der Waals surface area contributed by atoms with Crippen molar-refractivity contribution in [3.63, 3.8) is 0 Å². The minimum Gasteiger partial charge on any atom is -0.225 e. The molecule has 0 N–H and O–H groups in total. The highest BCUT2D eigenvalue weighted by molar-refractivity contribution is 8.19. The van der Waals surface area contributed by atoms with Crippen LogP contribution in [-0.2, 0) is 5.41 Å². The largest absolute Gasteiger partial charge is 0.225 e. The quantitative estimate of drug-likeness (QED) is 0.737. The van der Waals surface area contributed by atoms with Gasteiger partial charge in [0.2, 0.25) is 0 Å². The molecule has 16 heavy (non-hydrogen) atoms. The Labute approximate surface area is 107 Å². The van der Waals surface area contributed by atoms with Crippen LogP contribution in [0.4, 0.5) is 0 Å². The summed E-state index contributed by atoms with van der Waals surface area (Å²) in [7, 11) is 0.164. The summed E-state index contributed by atoms with van der Waals surface area (Å²) >= 11 is 2.12. The maximum absolute atomic E-state index is 2.38. The summed E-state index contributed by atoms with van der Waals surface area (Å²) in [5.74, 6) is 5.59. The van der Waals surface area contributed by atoms with Crippen molar-refractivity contribution >= 4 is 22.7 Å². The van der Waals surface area contributed by atoms with Gasteiger partial charge in [0.25, 0.3) is 0 Å². The van der Waals surface area contributed by atoms with Crippen LogP contribution in [0.25, 0.3) is 0 Å². The molecule has 0 saturated carbocycles. The summed E-state index contributed by atoms with van der Waals surface area (Å²) in [5, 5.41) is 0. The van der Waals surface area contributed by atoms with Crippen LogP contribution in [0.5, 0.6) is 0 Å². The molecule has 0 spiro atoms. The third kappa shape index (κ3) is 2.98. The van der Waals surface area contributed by atoms with Crippen LogP contribution in [0.3, 0.4) is 0 Å². The van der Waals surface area contributed by atoms with E-state index in [9.17, 15) is 0 Å². The number of hydrogen-bond donors (Lipinski definition) is 1. The van der Waals surface area contributed by atoms with Crippen LogP contribution in [0, 0.1) is 0 Å². The second-order valence-electron chi connectivity index (χ2n) is 5.40. The topological polar surface area (TPSA) is 0 Å². The molecule has 0 amide bonds. The minimum absolute atomic E-state index is 0.164. The van der Waals surface area contributed by atoms with Crippen LogP contribution in [0.2, 0.25) is 0 Å². The van der Waals surface area contributed by atoms with E-state index in [-0.39, 0.29) is 16.3 Å². The van der Waals surface area contributed by atoms with Crippen molar-refractivity contribution < 1.29 is 0 Å². The molecular formula is C14H22S2. The van der Waals surface area contributed by atoms with Gasteiger partial charge in [-0.3, -0.25) is 0 Å². The van der Waals surface area contributed by atoms with Gasteiger partial charge in [-0.05, 0) is 27.4 Å². The highest BCUT2D eigenvalue weighted by atomic mass is 32.2. The van der Waals surface area contributed by atoms with Crippen LogP contribution in [-0.4, -0.2) is 23.0 Å². The molecule has 2 rings (SSSR count). The van der Waals surface area contributed by atoms with Gasteiger partial charge in [-0.2, -0.15) is 11.8 Å². The van der Waals surface area contributed by atoms with Crippen molar-refractivity contribution in [1.29, 1.82) is 0 Å². The summed E-state index contributed by atoms with van der Waals surface area (Å²) in [6.45, 7) is 6.85. The molecule has 1 fully saturated rings. The molecule has 0 nitrogen and oxygen atoms in total. The van der Waals surface area contributed by atoms with Crippen LogP contribution in [0.1, 0.15) is 26.3 Å². The lowest BCUT2D eigenvalue weighted by atomic mass is 9.87. The number of rotatable bonds is 1. The van der Waals surface area contributed by atoms with E-state index in [1.54, 1.807) is 4.90 Å². The van der Waals surface area contributed by atoms with E-state index >= 15 is 0 Å². The summed E-state index contributed by atoms with van der Waals surface area (Å²) in [6.07, 6.45) is 0. The summed E-state index contributed by atoms with van der Waals surface area (Å²) in [6, 6.07) is 9.42. The zero-order valence-corrected chi connectivity index (χ0v) is 12.2. The monoisotopic (exact) mass is 254 g/mol. The molecule has 0 bridgehead atoms. The fraction of sp³-hybridized carbons (Fsp3) is 0.571. The smallest absolute Gasteiger partial charge is 0.00101 e. The molecule has 0 atom stereocenters. The van der Waals surface area contributed by atoms with Gasteiger partial charge in [0.05, 0.1) is 0 Å². The Bertz CT molecular complexity index is 329. The highest BCUT2D eigenvalue weighted by Crippen LogP contribution is 2.40. The molecule has 0 unspecified atom stereocenters. The first-order chi connectivity index (χ1) is 7.57. The standard InChI is InChI=1S/C14H22S2/c1-14(2,3)12-4-6-13(7-5-12)16-10-8-15-9-11-16/h4-7,16H,8-11H2,1-3H3. The molecule has 1 aromatic rings. The van der Waals surface area contributed by atoms with Gasteiger partial charge in [-0.15, -0.1) is 0 Å². The number of benzene rings is 1. The van der Waals surface area contributed by atoms with Crippen molar-refractivity contribution in [2.24, 2.45) is 0 Å². The van der Waals surface area contributed by atoms with Crippen molar-refractivity contribution in [2.75, 3.05) is 23.0 Å². The van der Waals surface area contributed by atoms with Crippen molar-refractivity contribution in [1.82, 2.24) is 0 Å². The average molecular weight is 254 g/mol. The number of thiol groups is 1. The molecule has 1 aliphatic rings. The van der Waals surface area contributed by atoms with Gasteiger partial charge in [0.15, 0.2) is 0 Å². The Morgan fingerprint density at radius 2 is 1.56 bits per heavy atom. The molecule has 2 heteroatoms. The van der Waals surface area contributed by atoms with Gasteiger partial charge >= 0.3 is 0 Å². The molecule has 1 aliphatic heterocycles. The van der Waals surface area contributed by atoms with E-state index in [1.165, 1.54) is 28.6 Å². The van der Waals surface area contributed by atoms with E-state index in [0.717, 1.165) is 0 Å². The predicted molar refractivity (Wildman–Crippen MR) is 79.5 cm³/mol. The van der Waals surface area contributed by atoms with Gasteiger partial charge in [-0.25, -0.2) is 10.9 Å². The third-order valence-electron chi connectivity index (χ3n) is 3.11. The third-order valence-corrected chi connectivity index (χ3v) is 7.26. The fourth-order valence-electron chi connectivity index (χ4n) is 1.99. The number of thioether (sulfide) groups is 1. The molecule has 1 heterocycles. The Kier molecular flexibility index (Phi) is 3.91. The second-order valence-corrected chi connectivity index (χ2v) is 9.11. The summed E-state index contributed by atoms with van der Waals surface area (Å²) in [4.78, 5) is 1.61. The second kappa shape index (κ2) is 5.05. The molecule has 1 saturated heterocycles. The molecule has 90 valence electrons. The first-order valence-corrected chi connectivity index (χ1v) is 8.87. The molecule has 0 radical (unpaired) electrons. The zero-order chi connectivity index (χ0) is 11.6. The Hall–Kier alpha value is -0.0800. The minimum atomic E-state index is 0.164. The van der Waals surface area contributed by atoms with E-state index in [0.29, 0.717) is 0 Å². The lowest BCUT2D eigenvalue weighted by Crippen LogP contribution is -2.11. The van der Waals surface area contributed by atoms with Gasteiger partial charge in [0.1, 0.15) is 0 Å². The van der Waals surface area contributed by atoms with E-state index in [2.05, 4.69) is 56.8 Å². The van der Waals surface area contributed by atoms with Crippen LogP contribution in [0.15, 0.2) is 29.2 Å². The first kappa shape index (κ1) is 12.4. The lowest BCUT2D eigenvalue weighted by Gasteiger charge is -2.27. The maximum Gasteiger partial charge on any atom is 0.00101 e. The Balaban J connectivity index is 2.12. The molecule has 1 aromatic carbocycles. The van der Waals surface area contributed by atoms with E-state index < -0.39 is 0 Å². The van der Waals surface area contributed by atoms with Crippen molar-refractivity contribution in [3.05, 3.63) is 29.8 Å². The first-order valence-electron chi connectivity index (χ1n) is 6.00. The Morgan fingerprint density at radius 3 is 2.06 bits per heavy atom. The van der Waals surface area contributed by atoms with Crippen LogP contribution < -0.4 is 0 Å². The van der Waals surface area contributed by atoms with Gasteiger partial charge < -0.3 is 0 Å². The Morgan fingerprint density at radius 1 is 1.00 bits per heavy atom. The normalized spacial score (nSPS) is 19.8. The lowest BCUT2D eigenvalue weighted by molar-refractivity contribution is 0.589. The van der Waals surface area contributed by atoms with Crippen molar-refractivity contribution in [3.8, 4) is 0 Å². The average Bonchev–Trinajstić information content (AvgIpc) is 2.29. The van der Waals surface area contributed by atoms with Gasteiger partial charge in [-0.1, -0.05) is 45.0 Å². The van der Waals surface area contributed by atoms with Crippen LogP contribution >= 0.6 is 22.7 Å². The summed E-state index contributed by atoms with van der Waals surface area (Å²) < 4.78 is 0. The van der Waals surface area contributed by atoms with Crippen molar-refractivity contribution in [2.45, 2.75) is 31.1 Å². The molecular weight excluding hydrogens is 232 g/mol. The van der Waals surface area contributed by atoms with E-state index in [4.69, 9.17) is 0 Å². The van der Waals surface area contributed by atoms with E-state index in [1.807, 2.05) is 0 Å².